The molecule has 3 heteroatoms. The highest BCUT2D eigenvalue weighted by Crippen LogP contribution is 2.30. The molecule has 2 nitrogen and oxygen atoms in total. The van der Waals surface area contributed by atoms with Crippen molar-refractivity contribution < 1.29 is 5.11 Å². The first kappa shape index (κ1) is 14.1. The van der Waals surface area contributed by atoms with Gasteiger partial charge in [0.15, 0.2) is 0 Å². The predicted octanol–water partition coefficient (Wildman–Crippen LogP) is 3.38. The van der Waals surface area contributed by atoms with Crippen molar-refractivity contribution in [3.05, 3.63) is 70.7 Å². The molecule has 100 valence electrons. The van der Waals surface area contributed by atoms with E-state index in [1.807, 2.05) is 61.6 Å². The lowest BCUT2D eigenvalue weighted by Gasteiger charge is -2.23. The molecule has 2 unspecified atom stereocenters. The molecule has 0 fully saturated rings. The molecule has 0 aliphatic carbocycles. The molecule has 0 saturated heterocycles. The van der Waals surface area contributed by atoms with E-state index in [-0.39, 0.29) is 5.92 Å². The van der Waals surface area contributed by atoms with Crippen LogP contribution in [0.2, 0.25) is 5.02 Å². The van der Waals surface area contributed by atoms with E-state index in [1.54, 1.807) is 0 Å². The standard InChI is InChI=1S/C16H18ClNO/c1-18-11-15(12-7-9-14(17)10-8-12)16(19)13-5-3-2-4-6-13/h2-10,15-16,18-19H,11H2,1H3. The van der Waals surface area contributed by atoms with E-state index in [1.165, 1.54) is 0 Å². The van der Waals surface area contributed by atoms with E-state index < -0.39 is 6.10 Å². The van der Waals surface area contributed by atoms with Crippen LogP contribution in [0.1, 0.15) is 23.1 Å². The van der Waals surface area contributed by atoms with Gasteiger partial charge in [-0.25, -0.2) is 0 Å². The van der Waals surface area contributed by atoms with Gasteiger partial charge < -0.3 is 10.4 Å². The fourth-order valence-electron chi connectivity index (χ4n) is 2.22. The van der Waals surface area contributed by atoms with Crippen LogP contribution in [-0.4, -0.2) is 18.7 Å². The fraction of sp³-hybridized carbons (Fsp3) is 0.250. The Bertz CT molecular complexity index is 498. The zero-order valence-corrected chi connectivity index (χ0v) is 11.6. The monoisotopic (exact) mass is 275 g/mol. The summed E-state index contributed by atoms with van der Waals surface area (Å²) in [6.45, 7) is 0.706. The molecule has 2 rings (SSSR count). The van der Waals surface area contributed by atoms with Gasteiger partial charge in [-0.2, -0.15) is 0 Å². The van der Waals surface area contributed by atoms with Crippen molar-refractivity contribution in [1.82, 2.24) is 5.32 Å². The van der Waals surface area contributed by atoms with Gasteiger partial charge in [0.1, 0.15) is 0 Å². The van der Waals surface area contributed by atoms with E-state index in [9.17, 15) is 5.11 Å². The lowest BCUT2D eigenvalue weighted by Crippen LogP contribution is -2.23. The molecule has 19 heavy (non-hydrogen) atoms. The van der Waals surface area contributed by atoms with Crippen molar-refractivity contribution in [2.45, 2.75) is 12.0 Å². The average molecular weight is 276 g/mol. The van der Waals surface area contributed by atoms with Gasteiger partial charge in [-0.05, 0) is 30.3 Å². The second kappa shape index (κ2) is 6.71. The molecular formula is C16H18ClNO. The summed E-state index contributed by atoms with van der Waals surface area (Å²) in [7, 11) is 1.89. The van der Waals surface area contributed by atoms with Crippen LogP contribution in [0.25, 0.3) is 0 Å². The van der Waals surface area contributed by atoms with Crippen LogP contribution < -0.4 is 5.32 Å². The predicted molar refractivity (Wildman–Crippen MR) is 79.5 cm³/mol. The van der Waals surface area contributed by atoms with E-state index in [4.69, 9.17) is 11.6 Å². The van der Waals surface area contributed by atoms with Gasteiger partial charge in [0.2, 0.25) is 0 Å². The van der Waals surface area contributed by atoms with Crippen LogP contribution in [0, 0.1) is 0 Å². The molecule has 0 bridgehead atoms. The summed E-state index contributed by atoms with van der Waals surface area (Å²) in [5.74, 6) is 0.00432. The Hall–Kier alpha value is -1.35. The summed E-state index contributed by atoms with van der Waals surface area (Å²) < 4.78 is 0. The van der Waals surface area contributed by atoms with Crippen LogP contribution in [0.15, 0.2) is 54.6 Å². The molecule has 2 N–H and O–H groups in total. The van der Waals surface area contributed by atoms with Crippen molar-refractivity contribution in [3.63, 3.8) is 0 Å². The van der Waals surface area contributed by atoms with Crippen LogP contribution >= 0.6 is 11.6 Å². The third kappa shape index (κ3) is 3.57. The molecule has 0 saturated carbocycles. The first-order valence-electron chi connectivity index (χ1n) is 6.35. The number of aliphatic hydroxyl groups excluding tert-OH is 1. The zero-order chi connectivity index (χ0) is 13.7. The van der Waals surface area contributed by atoms with E-state index >= 15 is 0 Å². The van der Waals surface area contributed by atoms with Gasteiger partial charge >= 0.3 is 0 Å². The van der Waals surface area contributed by atoms with Gasteiger partial charge in [0.25, 0.3) is 0 Å². The Morgan fingerprint density at radius 1 is 1.00 bits per heavy atom. The molecule has 0 aliphatic rings. The first-order valence-corrected chi connectivity index (χ1v) is 6.73. The third-order valence-corrected chi connectivity index (χ3v) is 3.50. The number of likely N-dealkylation sites (N-methyl/N-ethyl adjacent to an activating group) is 1. The highest BCUT2D eigenvalue weighted by molar-refractivity contribution is 6.30. The highest BCUT2D eigenvalue weighted by Gasteiger charge is 2.21. The van der Waals surface area contributed by atoms with Crippen LogP contribution in [0.5, 0.6) is 0 Å². The maximum atomic E-state index is 10.6. The minimum Gasteiger partial charge on any atom is -0.388 e. The van der Waals surface area contributed by atoms with Crippen molar-refractivity contribution in [2.24, 2.45) is 0 Å². The lowest BCUT2D eigenvalue weighted by atomic mass is 9.89. The van der Waals surface area contributed by atoms with Crippen molar-refractivity contribution in [1.29, 1.82) is 0 Å². The molecule has 0 aromatic heterocycles. The molecule has 2 aromatic rings. The maximum Gasteiger partial charge on any atom is 0.0870 e. The third-order valence-electron chi connectivity index (χ3n) is 3.24. The smallest absolute Gasteiger partial charge is 0.0870 e. The van der Waals surface area contributed by atoms with Crippen molar-refractivity contribution in [2.75, 3.05) is 13.6 Å². The van der Waals surface area contributed by atoms with Gasteiger partial charge in [0.05, 0.1) is 6.10 Å². The summed E-state index contributed by atoms with van der Waals surface area (Å²) in [6, 6.07) is 17.4. The number of nitrogens with one attached hydrogen (secondary N) is 1. The minimum absolute atomic E-state index is 0.00432. The van der Waals surface area contributed by atoms with Crippen molar-refractivity contribution in [3.8, 4) is 0 Å². The Morgan fingerprint density at radius 3 is 2.21 bits per heavy atom. The fourth-order valence-corrected chi connectivity index (χ4v) is 2.35. The molecule has 0 aliphatic heterocycles. The molecular weight excluding hydrogens is 258 g/mol. The number of aliphatic hydroxyl groups is 1. The topological polar surface area (TPSA) is 32.3 Å². The number of benzene rings is 2. The van der Waals surface area contributed by atoms with Gasteiger partial charge in [-0.3, -0.25) is 0 Å². The summed E-state index contributed by atoms with van der Waals surface area (Å²) >= 11 is 5.91. The van der Waals surface area contributed by atoms with Gasteiger partial charge in [-0.1, -0.05) is 54.1 Å². The molecule has 0 amide bonds. The summed E-state index contributed by atoms with van der Waals surface area (Å²) in [5.41, 5.74) is 2.01. The Balaban J connectivity index is 2.27. The Morgan fingerprint density at radius 2 is 1.63 bits per heavy atom. The molecule has 0 radical (unpaired) electrons. The second-order valence-corrected chi connectivity index (χ2v) is 5.01. The van der Waals surface area contributed by atoms with Crippen LogP contribution in [0.4, 0.5) is 0 Å². The normalized spacial score (nSPS) is 14.1. The van der Waals surface area contributed by atoms with E-state index in [2.05, 4.69) is 5.32 Å². The first-order chi connectivity index (χ1) is 9.22. The average Bonchev–Trinajstić information content (AvgIpc) is 2.46. The Labute approximate surface area is 119 Å². The largest absolute Gasteiger partial charge is 0.388 e. The van der Waals surface area contributed by atoms with E-state index in [0.717, 1.165) is 11.1 Å². The quantitative estimate of drug-likeness (QED) is 0.877. The zero-order valence-electron chi connectivity index (χ0n) is 10.9. The van der Waals surface area contributed by atoms with Gasteiger partial charge in [-0.15, -0.1) is 0 Å². The van der Waals surface area contributed by atoms with Gasteiger partial charge in [0, 0.05) is 17.5 Å². The minimum atomic E-state index is -0.533. The molecule has 2 atom stereocenters. The van der Waals surface area contributed by atoms with Crippen LogP contribution in [0.3, 0.4) is 0 Å². The number of hydrogen-bond donors (Lipinski definition) is 2. The maximum absolute atomic E-state index is 10.6. The summed E-state index contributed by atoms with van der Waals surface area (Å²) in [4.78, 5) is 0. The van der Waals surface area contributed by atoms with E-state index in [0.29, 0.717) is 11.6 Å². The van der Waals surface area contributed by atoms with Crippen molar-refractivity contribution >= 4 is 11.6 Å². The molecule has 0 spiro atoms. The molecule has 0 heterocycles. The lowest BCUT2D eigenvalue weighted by molar-refractivity contribution is 0.144. The SMILES string of the molecule is CNCC(c1ccc(Cl)cc1)C(O)c1ccccc1. The number of hydrogen-bond acceptors (Lipinski definition) is 2. The number of rotatable bonds is 5. The second-order valence-electron chi connectivity index (χ2n) is 4.57. The highest BCUT2D eigenvalue weighted by atomic mass is 35.5. The molecule has 2 aromatic carbocycles. The number of halogens is 1. The summed E-state index contributed by atoms with van der Waals surface area (Å²) in [5, 5.41) is 14.4. The van der Waals surface area contributed by atoms with Crippen LogP contribution in [-0.2, 0) is 0 Å². The Kier molecular flexibility index (Phi) is 4.97. The summed E-state index contributed by atoms with van der Waals surface area (Å²) in [6.07, 6.45) is -0.533.